The molecule has 0 amide bonds. The number of aromatic nitrogens is 4. The van der Waals surface area contributed by atoms with Crippen molar-refractivity contribution in [1.29, 1.82) is 0 Å². The molecule has 0 bridgehead atoms. The monoisotopic (exact) mass is 288 g/mol. The van der Waals surface area contributed by atoms with Gasteiger partial charge in [-0.15, -0.1) is 11.6 Å². The van der Waals surface area contributed by atoms with Crippen LogP contribution in [0.4, 0.5) is 11.8 Å². The maximum absolute atomic E-state index is 5.95. The number of nitrogens with zero attached hydrogens (tertiary/aromatic N) is 4. The Kier molecular flexibility index (Phi) is 3.15. The third kappa shape index (κ3) is 2.14. The molecule has 6 nitrogen and oxygen atoms in total. The Bertz CT molecular complexity index is 767. The van der Waals surface area contributed by atoms with Crippen LogP contribution in [0.2, 0.25) is 0 Å². The van der Waals surface area contributed by atoms with Gasteiger partial charge in [-0.05, 0) is 11.1 Å². The molecule has 3 aromatic rings. The lowest BCUT2D eigenvalue weighted by molar-refractivity contribution is 0.807. The summed E-state index contributed by atoms with van der Waals surface area (Å²) < 4.78 is 1.88. The van der Waals surface area contributed by atoms with Gasteiger partial charge in [-0.1, -0.05) is 24.3 Å². The van der Waals surface area contributed by atoms with Gasteiger partial charge in [0.25, 0.3) is 0 Å². The second-order valence-corrected chi connectivity index (χ2v) is 4.68. The third-order valence-corrected chi connectivity index (χ3v) is 3.40. The highest BCUT2D eigenvalue weighted by molar-refractivity contribution is 6.17. The maximum Gasteiger partial charge on any atom is 0.224 e. The van der Waals surface area contributed by atoms with Gasteiger partial charge in [0.05, 0.1) is 12.9 Å². The number of rotatable bonds is 3. The zero-order chi connectivity index (χ0) is 14.1. The van der Waals surface area contributed by atoms with E-state index in [1.54, 1.807) is 6.33 Å². The molecule has 2 heterocycles. The summed E-state index contributed by atoms with van der Waals surface area (Å²) in [5.74, 6) is 0.890. The summed E-state index contributed by atoms with van der Waals surface area (Å²) in [4.78, 5) is 12.3. The lowest BCUT2D eigenvalue weighted by Gasteiger charge is -2.08. The lowest BCUT2D eigenvalue weighted by Crippen LogP contribution is -2.05. The average Bonchev–Trinajstić information content (AvgIpc) is 2.83. The van der Waals surface area contributed by atoms with Crippen molar-refractivity contribution in [2.75, 3.05) is 11.5 Å². The van der Waals surface area contributed by atoms with Crippen LogP contribution in [0.1, 0.15) is 11.1 Å². The predicted molar refractivity (Wildman–Crippen MR) is 79.2 cm³/mol. The van der Waals surface area contributed by atoms with Gasteiger partial charge in [0.2, 0.25) is 5.95 Å². The highest BCUT2D eigenvalue weighted by Gasteiger charge is 2.11. The smallest absolute Gasteiger partial charge is 0.224 e. The number of fused-ring (bicyclic) bond motifs is 1. The van der Waals surface area contributed by atoms with E-state index in [0.717, 1.165) is 11.1 Å². The molecule has 0 spiro atoms. The molecule has 1 aromatic carbocycles. The number of imidazole rings is 1. The van der Waals surface area contributed by atoms with Crippen LogP contribution in [0.15, 0.2) is 30.6 Å². The Morgan fingerprint density at radius 1 is 1.10 bits per heavy atom. The van der Waals surface area contributed by atoms with Crippen molar-refractivity contribution >= 4 is 34.5 Å². The first kappa shape index (κ1) is 12.7. The fourth-order valence-electron chi connectivity index (χ4n) is 2.12. The van der Waals surface area contributed by atoms with E-state index in [1.807, 2.05) is 28.8 Å². The number of nitrogens with two attached hydrogens (primary N) is 2. The number of hydrogen-bond donors (Lipinski definition) is 2. The van der Waals surface area contributed by atoms with Gasteiger partial charge in [-0.3, -0.25) is 0 Å². The Hall–Kier alpha value is -2.34. The molecule has 2 aromatic heterocycles. The van der Waals surface area contributed by atoms with Crippen molar-refractivity contribution in [2.24, 2.45) is 0 Å². The second kappa shape index (κ2) is 4.97. The van der Waals surface area contributed by atoms with E-state index in [9.17, 15) is 0 Å². The van der Waals surface area contributed by atoms with E-state index in [-0.39, 0.29) is 11.8 Å². The summed E-state index contributed by atoms with van der Waals surface area (Å²) >= 11 is 5.95. The van der Waals surface area contributed by atoms with Gasteiger partial charge in [-0.2, -0.15) is 9.97 Å². The van der Waals surface area contributed by atoms with E-state index in [0.29, 0.717) is 23.6 Å². The van der Waals surface area contributed by atoms with Crippen molar-refractivity contribution in [3.8, 4) is 0 Å². The molecule has 0 unspecified atom stereocenters. The number of hydrogen-bond acceptors (Lipinski definition) is 5. The van der Waals surface area contributed by atoms with Crippen LogP contribution in [0.3, 0.4) is 0 Å². The molecule has 4 N–H and O–H groups in total. The molecule has 0 fully saturated rings. The predicted octanol–water partition coefficient (Wildman–Crippen LogP) is 1.78. The molecule has 0 aliphatic rings. The number of anilines is 2. The second-order valence-electron chi connectivity index (χ2n) is 4.41. The van der Waals surface area contributed by atoms with Crippen LogP contribution in [0, 0.1) is 0 Å². The first-order chi connectivity index (χ1) is 9.69. The molecule has 0 aliphatic carbocycles. The fourth-order valence-corrected chi connectivity index (χ4v) is 2.39. The largest absolute Gasteiger partial charge is 0.382 e. The molecule has 0 atom stereocenters. The zero-order valence-electron chi connectivity index (χ0n) is 10.6. The number of nitrogen functional groups attached to an aromatic ring is 2. The van der Waals surface area contributed by atoms with Gasteiger partial charge in [-0.25, -0.2) is 4.98 Å². The third-order valence-electron chi connectivity index (χ3n) is 3.11. The van der Waals surface area contributed by atoms with Crippen molar-refractivity contribution in [2.45, 2.75) is 12.4 Å². The number of benzene rings is 1. The normalized spacial score (nSPS) is 11.1. The van der Waals surface area contributed by atoms with E-state index in [1.165, 1.54) is 0 Å². The first-order valence-corrected chi connectivity index (χ1v) is 6.59. The molecular formula is C13H13ClN6. The summed E-state index contributed by atoms with van der Waals surface area (Å²) in [5.41, 5.74) is 14.8. The van der Waals surface area contributed by atoms with Crippen LogP contribution in [-0.4, -0.2) is 19.5 Å². The Labute approximate surface area is 120 Å². The molecule has 7 heteroatoms. The summed E-state index contributed by atoms with van der Waals surface area (Å²) in [7, 11) is 0. The average molecular weight is 289 g/mol. The van der Waals surface area contributed by atoms with Gasteiger partial charge >= 0.3 is 0 Å². The van der Waals surface area contributed by atoms with Crippen molar-refractivity contribution in [1.82, 2.24) is 19.5 Å². The Morgan fingerprint density at radius 2 is 1.85 bits per heavy atom. The van der Waals surface area contributed by atoms with Gasteiger partial charge in [0.1, 0.15) is 5.52 Å². The van der Waals surface area contributed by atoms with Crippen LogP contribution in [0.25, 0.3) is 11.2 Å². The molecule has 3 rings (SSSR count). The van der Waals surface area contributed by atoms with Crippen LogP contribution >= 0.6 is 11.6 Å². The number of alkyl halides is 1. The number of halogens is 1. The van der Waals surface area contributed by atoms with Crippen LogP contribution in [0.5, 0.6) is 0 Å². The zero-order valence-corrected chi connectivity index (χ0v) is 11.4. The first-order valence-electron chi connectivity index (χ1n) is 6.05. The molecule has 20 heavy (non-hydrogen) atoms. The molecule has 0 saturated carbocycles. The van der Waals surface area contributed by atoms with Gasteiger partial charge in [0, 0.05) is 5.88 Å². The molecule has 0 radical (unpaired) electrons. The fraction of sp³-hybridized carbons (Fsp3) is 0.154. The van der Waals surface area contributed by atoms with Crippen molar-refractivity contribution < 1.29 is 0 Å². The SMILES string of the molecule is Nc1nc(N)c2ncn(Cc3ccccc3CCl)c2n1. The maximum atomic E-state index is 5.95. The van der Waals surface area contributed by atoms with Crippen molar-refractivity contribution in [3.63, 3.8) is 0 Å². The highest BCUT2D eigenvalue weighted by Crippen LogP contribution is 2.19. The highest BCUT2D eigenvalue weighted by atomic mass is 35.5. The van der Waals surface area contributed by atoms with E-state index in [2.05, 4.69) is 15.0 Å². The molecule has 0 aliphatic heterocycles. The van der Waals surface area contributed by atoms with E-state index in [4.69, 9.17) is 23.1 Å². The molecule has 0 saturated heterocycles. The summed E-state index contributed by atoms with van der Waals surface area (Å²) in [6, 6.07) is 7.96. The summed E-state index contributed by atoms with van der Waals surface area (Å²) in [6.07, 6.45) is 1.68. The topological polar surface area (TPSA) is 95.6 Å². The van der Waals surface area contributed by atoms with E-state index < -0.39 is 0 Å². The van der Waals surface area contributed by atoms with Crippen molar-refractivity contribution in [3.05, 3.63) is 41.7 Å². The minimum atomic E-state index is 0.141. The Balaban J connectivity index is 2.07. The quantitative estimate of drug-likeness (QED) is 0.716. The van der Waals surface area contributed by atoms with Crippen LogP contribution in [-0.2, 0) is 12.4 Å². The molecular weight excluding hydrogens is 276 g/mol. The van der Waals surface area contributed by atoms with Gasteiger partial charge < -0.3 is 16.0 Å². The van der Waals surface area contributed by atoms with Gasteiger partial charge in [0.15, 0.2) is 11.5 Å². The minimum absolute atomic E-state index is 0.141. The summed E-state index contributed by atoms with van der Waals surface area (Å²) in [5, 5.41) is 0. The Morgan fingerprint density at radius 3 is 2.60 bits per heavy atom. The molecule has 102 valence electrons. The summed E-state index contributed by atoms with van der Waals surface area (Å²) in [6.45, 7) is 0.606. The van der Waals surface area contributed by atoms with E-state index >= 15 is 0 Å². The standard InChI is InChI=1S/C13H13ClN6/c14-5-8-3-1-2-4-9(8)6-20-7-17-10-11(15)18-13(16)19-12(10)20/h1-4,7H,5-6H2,(H4,15,16,18,19). The van der Waals surface area contributed by atoms with Crippen LogP contribution < -0.4 is 11.5 Å². The minimum Gasteiger partial charge on any atom is -0.382 e. The lowest BCUT2D eigenvalue weighted by atomic mass is 10.1.